The van der Waals surface area contributed by atoms with Gasteiger partial charge in [0.2, 0.25) is 0 Å². The third kappa shape index (κ3) is 6.76. The van der Waals surface area contributed by atoms with Crippen LogP contribution in [0.25, 0.3) is 0 Å². The van der Waals surface area contributed by atoms with Gasteiger partial charge < -0.3 is 30.2 Å². The molecule has 1 aliphatic rings. The van der Waals surface area contributed by atoms with Crippen molar-refractivity contribution < 1.29 is 33.0 Å². The van der Waals surface area contributed by atoms with Gasteiger partial charge in [-0.15, -0.1) is 0 Å². The number of nitrogens with zero attached hydrogens (tertiary/aromatic N) is 1. The van der Waals surface area contributed by atoms with Crippen molar-refractivity contribution in [3.63, 3.8) is 0 Å². The van der Waals surface area contributed by atoms with Gasteiger partial charge in [-0.2, -0.15) is 0 Å². The zero-order chi connectivity index (χ0) is 27.3. The van der Waals surface area contributed by atoms with Gasteiger partial charge in [0.25, 0.3) is 5.91 Å². The lowest BCUT2D eigenvalue weighted by Gasteiger charge is -2.24. The van der Waals surface area contributed by atoms with Crippen LogP contribution in [0.3, 0.4) is 0 Å². The molecule has 0 spiro atoms. The predicted molar refractivity (Wildman–Crippen MR) is 136 cm³/mol. The first-order chi connectivity index (χ1) is 17.4. The first kappa shape index (κ1) is 27.9. The molecule has 37 heavy (non-hydrogen) atoms. The molecule has 2 aromatic carbocycles. The highest BCUT2D eigenvalue weighted by Gasteiger charge is 2.36. The van der Waals surface area contributed by atoms with E-state index in [9.17, 15) is 14.4 Å². The van der Waals surface area contributed by atoms with Crippen LogP contribution in [0.1, 0.15) is 60.4 Å². The Bertz CT molecular complexity index is 1150. The van der Waals surface area contributed by atoms with E-state index in [0.29, 0.717) is 13.0 Å². The molecule has 3 N–H and O–H groups in total. The highest BCUT2D eigenvalue weighted by Crippen LogP contribution is 2.31. The minimum absolute atomic E-state index is 0.0727. The van der Waals surface area contributed by atoms with E-state index in [1.54, 1.807) is 20.8 Å². The van der Waals surface area contributed by atoms with Gasteiger partial charge in [-0.1, -0.05) is 19.1 Å². The second kappa shape index (κ2) is 11.6. The summed E-state index contributed by atoms with van der Waals surface area (Å²) in [5.41, 5.74) is 5.74. The highest BCUT2D eigenvalue weighted by molar-refractivity contribution is 6.11. The van der Waals surface area contributed by atoms with E-state index < -0.39 is 41.3 Å². The molecule has 2 amide bonds. The summed E-state index contributed by atoms with van der Waals surface area (Å²) in [7, 11) is 1.32. The van der Waals surface area contributed by atoms with Crippen LogP contribution in [0.15, 0.2) is 36.4 Å². The minimum Gasteiger partial charge on any atom is -0.494 e. The molecule has 9 nitrogen and oxygen atoms in total. The lowest BCUT2D eigenvalue weighted by molar-refractivity contribution is 0.0288. The number of hydrogen-bond donors (Lipinski definition) is 2. The van der Waals surface area contributed by atoms with Crippen LogP contribution in [0.5, 0.6) is 11.5 Å². The second-order valence-corrected chi connectivity index (χ2v) is 9.84. The van der Waals surface area contributed by atoms with Crippen molar-refractivity contribution in [3.05, 3.63) is 58.9 Å². The highest BCUT2D eigenvalue weighted by atomic mass is 19.1. The first-order valence-corrected chi connectivity index (χ1v) is 12.1. The van der Waals surface area contributed by atoms with Crippen LogP contribution in [-0.4, -0.2) is 67.2 Å². The Morgan fingerprint density at radius 2 is 1.68 bits per heavy atom. The van der Waals surface area contributed by atoms with Crippen molar-refractivity contribution in [1.29, 1.82) is 0 Å². The van der Waals surface area contributed by atoms with Crippen molar-refractivity contribution >= 4 is 17.8 Å². The molecular formula is C27H34FN3O6. The summed E-state index contributed by atoms with van der Waals surface area (Å²) in [5, 5.41) is 2.83. The normalized spacial score (nSPS) is 17.3. The van der Waals surface area contributed by atoms with E-state index in [1.807, 2.05) is 6.92 Å². The summed E-state index contributed by atoms with van der Waals surface area (Å²) in [4.78, 5) is 39.8. The largest absolute Gasteiger partial charge is 0.494 e. The van der Waals surface area contributed by atoms with Crippen molar-refractivity contribution in [2.75, 3.05) is 26.8 Å². The number of carbonyl (C=O) groups is 3. The average Bonchev–Trinajstić information content (AvgIpc) is 3.21. The lowest BCUT2D eigenvalue weighted by atomic mass is 10.00. The molecular weight excluding hydrogens is 481 g/mol. The van der Waals surface area contributed by atoms with Crippen molar-refractivity contribution in [2.45, 2.75) is 51.8 Å². The molecule has 10 heteroatoms. The number of nitrogens with one attached hydrogen (secondary N) is 1. The Morgan fingerprint density at radius 3 is 2.27 bits per heavy atom. The maximum atomic E-state index is 15.0. The summed E-state index contributed by atoms with van der Waals surface area (Å²) in [6, 6.07) is 7.81. The molecule has 2 aromatic rings. The molecule has 1 saturated heterocycles. The smallest absolute Gasteiger partial charge is 0.410 e. The molecule has 0 unspecified atom stereocenters. The van der Waals surface area contributed by atoms with Gasteiger partial charge in [-0.25, -0.2) is 9.18 Å². The summed E-state index contributed by atoms with van der Waals surface area (Å²) in [5.74, 6) is -1.77. The maximum Gasteiger partial charge on any atom is 0.410 e. The number of likely N-dealkylation sites (tertiary alicyclic amines) is 1. The molecule has 1 aliphatic heterocycles. The number of methoxy groups -OCH3 is 1. The van der Waals surface area contributed by atoms with Gasteiger partial charge in [-0.3, -0.25) is 9.59 Å². The van der Waals surface area contributed by atoms with Gasteiger partial charge >= 0.3 is 6.09 Å². The maximum absolute atomic E-state index is 15.0. The molecule has 200 valence electrons. The zero-order valence-corrected chi connectivity index (χ0v) is 21.8. The van der Waals surface area contributed by atoms with Gasteiger partial charge in [0.05, 0.1) is 19.8 Å². The van der Waals surface area contributed by atoms with E-state index in [-0.39, 0.29) is 41.3 Å². The molecule has 0 bridgehead atoms. The number of rotatable bonds is 8. The molecule has 1 heterocycles. The summed E-state index contributed by atoms with van der Waals surface area (Å²) < 4.78 is 31.0. The Kier molecular flexibility index (Phi) is 8.75. The number of carbonyl (C=O) groups excluding carboxylic acids is 3. The topological polar surface area (TPSA) is 120 Å². The summed E-state index contributed by atoms with van der Waals surface area (Å²) >= 11 is 0. The van der Waals surface area contributed by atoms with E-state index in [1.165, 1.54) is 48.4 Å². The van der Waals surface area contributed by atoms with E-state index >= 15 is 4.39 Å². The summed E-state index contributed by atoms with van der Waals surface area (Å²) in [6.07, 6.45) is 0.195. The molecule has 2 atom stereocenters. The number of ketones is 1. The Hall–Kier alpha value is -3.66. The van der Waals surface area contributed by atoms with Crippen LogP contribution in [0.2, 0.25) is 0 Å². The van der Waals surface area contributed by atoms with Crippen LogP contribution >= 0.6 is 0 Å². The third-order valence-electron chi connectivity index (χ3n) is 5.72. The molecule has 0 saturated carbocycles. The number of ether oxygens (including phenoxy) is 3. The second-order valence-electron chi connectivity index (χ2n) is 9.84. The predicted octanol–water partition coefficient (Wildman–Crippen LogP) is 3.53. The Labute approximate surface area is 216 Å². The molecule has 0 aromatic heterocycles. The van der Waals surface area contributed by atoms with Crippen LogP contribution < -0.4 is 20.5 Å². The summed E-state index contributed by atoms with van der Waals surface area (Å²) in [6.45, 7) is 8.01. The Morgan fingerprint density at radius 1 is 1.05 bits per heavy atom. The van der Waals surface area contributed by atoms with Gasteiger partial charge in [-0.05, 0) is 51.5 Å². The molecule has 0 radical (unpaired) electrons. The van der Waals surface area contributed by atoms with Crippen LogP contribution in [0.4, 0.5) is 9.18 Å². The standard InChI is InChI=1S/C27H34FN3O6/c1-6-13-36-20-11-12-21(35-5)23(28)22(20)24(32)16-7-9-17(10-8-16)25(33)30-19-15-31(14-18(19)29)26(34)37-27(2,3)4/h7-12,18-19H,6,13-15,29H2,1-5H3,(H,30,33)/t18-,19-/m1/s1. The number of nitrogens with two attached hydrogens (primary N) is 1. The fraction of sp³-hybridized carbons (Fsp3) is 0.444. The van der Waals surface area contributed by atoms with Crippen molar-refractivity contribution in [2.24, 2.45) is 5.73 Å². The molecule has 3 rings (SSSR count). The lowest BCUT2D eigenvalue weighted by Crippen LogP contribution is -2.46. The van der Waals surface area contributed by atoms with E-state index in [0.717, 1.165) is 0 Å². The first-order valence-electron chi connectivity index (χ1n) is 12.1. The van der Waals surface area contributed by atoms with Gasteiger partial charge in [0, 0.05) is 30.3 Å². The number of halogens is 1. The molecule has 1 fully saturated rings. The fourth-order valence-corrected chi connectivity index (χ4v) is 3.87. The zero-order valence-electron chi connectivity index (χ0n) is 21.8. The van der Waals surface area contributed by atoms with E-state index in [2.05, 4.69) is 5.32 Å². The monoisotopic (exact) mass is 515 g/mol. The minimum atomic E-state index is -0.812. The fourth-order valence-electron chi connectivity index (χ4n) is 3.87. The molecule has 0 aliphatic carbocycles. The van der Waals surface area contributed by atoms with Crippen LogP contribution in [0, 0.1) is 5.82 Å². The number of benzene rings is 2. The van der Waals surface area contributed by atoms with Gasteiger partial charge in [0.15, 0.2) is 17.3 Å². The van der Waals surface area contributed by atoms with Crippen molar-refractivity contribution in [3.8, 4) is 11.5 Å². The van der Waals surface area contributed by atoms with Crippen LogP contribution in [-0.2, 0) is 4.74 Å². The third-order valence-corrected chi connectivity index (χ3v) is 5.72. The van der Waals surface area contributed by atoms with Gasteiger partial charge in [0.1, 0.15) is 16.9 Å². The quantitative estimate of drug-likeness (QED) is 0.516. The van der Waals surface area contributed by atoms with Crippen molar-refractivity contribution in [1.82, 2.24) is 10.2 Å². The Balaban J connectivity index is 1.72. The number of amides is 2. The number of hydrogen-bond acceptors (Lipinski definition) is 7. The SMILES string of the molecule is CCCOc1ccc(OC)c(F)c1C(=O)c1ccc(C(=O)N[C@@H]2CN(C(=O)OC(C)(C)C)C[C@H]2N)cc1. The average molecular weight is 516 g/mol. The van der Waals surface area contributed by atoms with E-state index in [4.69, 9.17) is 19.9 Å².